The Morgan fingerprint density at radius 2 is 2.15 bits per heavy atom. The number of fused-ring (bicyclic) bond motifs is 2. The summed E-state index contributed by atoms with van der Waals surface area (Å²) >= 11 is 3.37. The van der Waals surface area contributed by atoms with Crippen LogP contribution in [0.2, 0.25) is 0 Å². The zero-order valence-corrected chi connectivity index (χ0v) is 8.53. The fourth-order valence-corrected chi connectivity index (χ4v) is 2.44. The lowest BCUT2D eigenvalue weighted by molar-refractivity contribution is 0.322. The summed E-state index contributed by atoms with van der Waals surface area (Å²) < 4.78 is 19.9. The molecule has 13 heavy (non-hydrogen) atoms. The quantitative estimate of drug-likeness (QED) is 0.680. The predicted octanol–water partition coefficient (Wildman–Crippen LogP) is 3.01. The van der Waals surface area contributed by atoms with Crippen molar-refractivity contribution in [2.75, 3.05) is 6.61 Å². The van der Waals surface area contributed by atoms with E-state index in [0.29, 0.717) is 6.61 Å². The summed E-state index contributed by atoms with van der Waals surface area (Å²) in [6.45, 7) is 0.655. The van der Waals surface area contributed by atoms with Crippen molar-refractivity contribution in [1.82, 2.24) is 0 Å². The summed E-state index contributed by atoms with van der Waals surface area (Å²) in [4.78, 5) is 0. The van der Waals surface area contributed by atoms with E-state index < -0.39 is 0 Å². The summed E-state index contributed by atoms with van der Waals surface area (Å²) in [6.07, 6.45) is 2.13. The first-order valence-corrected chi connectivity index (χ1v) is 5.14. The molecule has 1 aromatic carbocycles. The Balaban J connectivity index is 2.28. The van der Waals surface area contributed by atoms with Crippen LogP contribution in [0.5, 0.6) is 5.75 Å². The third-order valence-corrected chi connectivity index (χ3v) is 3.56. The number of halogens is 2. The molecular formula is C10H8BrFO. The van der Waals surface area contributed by atoms with Crippen molar-refractivity contribution in [2.24, 2.45) is 0 Å². The molecule has 1 nitrogen and oxygen atoms in total. The molecule has 1 fully saturated rings. The van der Waals surface area contributed by atoms with Crippen LogP contribution in [-0.2, 0) is 5.41 Å². The average molecular weight is 243 g/mol. The van der Waals surface area contributed by atoms with Crippen molar-refractivity contribution in [1.29, 1.82) is 0 Å². The largest absolute Gasteiger partial charge is 0.491 e. The Bertz CT molecular complexity index is 385. The van der Waals surface area contributed by atoms with Crippen molar-refractivity contribution in [3.8, 4) is 5.75 Å². The van der Waals surface area contributed by atoms with E-state index in [2.05, 4.69) is 15.9 Å². The van der Waals surface area contributed by atoms with E-state index in [1.165, 1.54) is 6.07 Å². The van der Waals surface area contributed by atoms with Crippen LogP contribution in [-0.4, -0.2) is 6.61 Å². The van der Waals surface area contributed by atoms with Crippen LogP contribution < -0.4 is 4.74 Å². The fraction of sp³-hybridized carbons (Fsp3) is 0.400. The normalized spacial score (nSPS) is 21.4. The molecule has 0 aromatic heterocycles. The van der Waals surface area contributed by atoms with Gasteiger partial charge < -0.3 is 4.74 Å². The summed E-state index contributed by atoms with van der Waals surface area (Å²) in [5.41, 5.74) is 0.824. The SMILES string of the molecule is Fc1ccc(Br)c2c1C1(CC1)CO2. The minimum atomic E-state index is -0.117. The average Bonchev–Trinajstić information content (AvgIpc) is 2.74. The third kappa shape index (κ3) is 0.909. The van der Waals surface area contributed by atoms with Crippen LogP contribution in [0.25, 0.3) is 0 Å². The van der Waals surface area contributed by atoms with Gasteiger partial charge in [0.2, 0.25) is 0 Å². The summed E-state index contributed by atoms with van der Waals surface area (Å²) in [6, 6.07) is 3.22. The number of benzene rings is 1. The van der Waals surface area contributed by atoms with E-state index in [-0.39, 0.29) is 11.2 Å². The van der Waals surface area contributed by atoms with Crippen molar-refractivity contribution < 1.29 is 9.13 Å². The van der Waals surface area contributed by atoms with Crippen LogP contribution in [0.15, 0.2) is 16.6 Å². The van der Waals surface area contributed by atoms with Gasteiger partial charge in [0.15, 0.2) is 0 Å². The van der Waals surface area contributed by atoms with Gasteiger partial charge in [0.1, 0.15) is 11.6 Å². The number of hydrogen-bond donors (Lipinski definition) is 0. The first kappa shape index (κ1) is 7.80. The molecule has 1 aromatic rings. The second kappa shape index (κ2) is 2.27. The zero-order chi connectivity index (χ0) is 9.05. The van der Waals surface area contributed by atoms with Gasteiger partial charge in [0, 0.05) is 11.0 Å². The molecule has 3 rings (SSSR count). The molecule has 2 aliphatic rings. The molecule has 0 bridgehead atoms. The van der Waals surface area contributed by atoms with Crippen molar-refractivity contribution in [3.05, 3.63) is 28.0 Å². The van der Waals surface area contributed by atoms with Gasteiger partial charge >= 0.3 is 0 Å². The summed E-state index contributed by atoms with van der Waals surface area (Å²) in [7, 11) is 0. The predicted molar refractivity (Wildman–Crippen MR) is 50.5 cm³/mol. The van der Waals surface area contributed by atoms with Crippen molar-refractivity contribution >= 4 is 15.9 Å². The maximum absolute atomic E-state index is 13.5. The highest BCUT2D eigenvalue weighted by atomic mass is 79.9. The zero-order valence-electron chi connectivity index (χ0n) is 6.94. The Hall–Kier alpha value is -0.570. The maximum Gasteiger partial charge on any atom is 0.140 e. The number of rotatable bonds is 0. The number of hydrogen-bond acceptors (Lipinski definition) is 1. The van der Waals surface area contributed by atoms with Gasteiger partial charge in [-0.15, -0.1) is 0 Å². The van der Waals surface area contributed by atoms with E-state index in [4.69, 9.17) is 4.74 Å². The molecule has 68 valence electrons. The highest BCUT2D eigenvalue weighted by Gasteiger charge is 2.52. The van der Waals surface area contributed by atoms with Gasteiger partial charge in [0.05, 0.1) is 11.1 Å². The number of ether oxygens (including phenoxy) is 1. The Labute approximate surface area is 84.0 Å². The van der Waals surface area contributed by atoms with Crippen LogP contribution in [0.4, 0.5) is 4.39 Å². The van der Waals surface area contributed by atoms with Crippen LogP contribution >= 0.6 is 15.9 Å². The lowest BCUT2D eigenvalue weighted by atomic mass is 9.98. The van der Waals surface area contributed by atoms with E-state index in [0.717, 1.165) is 28.6 Å². The Kier molecular flexibility index (Phi) is 1.36. The van der Waals surface area contributed by atoms with Crippen LogP contribution in [0.1, 0.15) is 18.4 Å². The Morgan fingerprint density at radius 3 is 2.85 bits per heavy atom. The van der Waals surface area contributed by atoms with Crippen molar-refractivity contribution in [3.63, 3.8) is 0 Å². The molecule has 0 N–H and O–H groups in total. The van der Waals surface area contributed by atoms with Gasteiger partial charge in [-0.25, -0.2) is 4.39 Å². The first-order chi connectivity index (χ1) is 6.23. The van der Waals surface area contributed by atoms with Gasteiger partial charge in [-0.2, -0.15) is 0 Å². The standard InChI is InChI=1S/C10H8BrFO/c11-6-1-2-7(12)8-9(6)13-5-10(8)3-4-10/h1-2H,3-5H2. The molecule has 1 spiro atoms. The third-order valence-electron chi connectivity index (χ3n) is 2.94. The van der Waals surface area contributed by atoms with Gasteiger partial charge in [-0.3, -0.25) is 0 Å². The summed E-state index contributed by atoms with van der Waals surface area (Å²) in [5.74, 6) is 0.603. The van der Waals surface area contributed by atoms with Crippen LogP contribution in [0, 0.1) is 5.82 Å². The molecule has 0 unspecified atom stereocenters. The highest BCUT2D eigenvalue weighted by Crippen LogP contribution is 2.57. The lowest BCUT2D eigenvalue weighted by Crippen LogP contribution is -2.08. The minimum Gasteiger partial charge on any atom is -0.491 e. The lowest BCUT2D eigenvalue weighted by Gasteiger charge is -2.05. The maximum atomic E-state index is 13.5. The second-order valence-electron chi connectivity index (χ2n) is 3.80. The molecule has 1 saturated carbocycles. The monoisotopic (exact) mass is 242 g/mol. The molecule has 1 aliphatic heterocycles. The smallest absolute Gasteiger partial charge is 0.140 e. The van der Waals surface area contributed by atoms with E-state index in [1.54, 1.807) is 6.07 Å². The van der Waals surface area contributed by atoms with Crippen LogP contribution in [0.3, 0.4) is 0 Å². The molecule has 0 radical (unpaired) electrons. The van der Waals surface area contributed by atoms with Gasteiger partial charge in [0.25, 0.3) is 0 Å². The minimum absolute atomic E-state index is 0.0309. The molecule has 0 atom stereocenters. The molecule has 0 amide bonds. The van der Waals surface area contributed by atoms with E-state index in [9.17, 15) is 4.39 Å². The first-order valence-electron chi connectivity index (χ1n) is 4.34. The van der Waals surface area contributed by atoms with E-state index in [1.807, 2.05) is 0 Å². The molecule has 3 heteroatoms. The fourth-order valence-electron chi connectivity index (χ4n) is 2.00. The van der Waals surface area contributed by atoms with Gasteiger partial charge in [-0.05, 0) is 40.9 Å². The summed E-state index contributed by atoms with van der Waals surface area (Å²) in [5, 5.41) is 0. The topological polar surface area (TPSA) is 9.23 Å². The second-order valence-corrected chi connectivity index (χ2v) is 4.66. The molecule has 1 aliphatic carbocycles. The highest BCUT2D eigenvalue weighted by molar-refractivity contribution is 9.10. The Morgan fingerprint density at radius 1 is 1.38 bits per heavy atom. The molecule has 1 heterocycles. The molecule has 0 saturated heterocycles. The van der Waals surface area contributed by atoms with E-state index >= 15 is 0 Å². The van der Waals surface area contributed by atoms with Gasteiger partial charge in [-0.1, -0.05) is 0 Å². The van der Waals surface area contributed by atoms with Crippen molar-refractivity contribution in [2.45, 2.75) is 18.3 Å². The molecular weight excluding hydrogens is 235 g/mol.